The van der Waals surface area contributed by atoms with Crippen molar-refractivity contribution in [2.24, 2.45) is 0 Å². The van der Waals surface area contributed by atoms with Crippen LogP contribution in [0.1, 0.15) is 10.1 Å². The Morgan fingerprint density at radius 2 is 1.52 bits per heavy atom. The standard InChI is InChI=1S/C18H16ClNO4S3/c19-14-8-10-15(11-9-14)26(21,22)18(17-7-4-12-25-17)13-20-27(23,24)16-5-2-1-3-6-16/h1-12,18,20H,13H2/t18-/m0/s1. The Morgan fingerprint density at radius 3 is 2.11 bits per heavy atom. The molecular weight excluding hydrogens is 426 g/mol. The predicted molar refractivity (Wildman–Crippen MR) is 107 cm³/mol. The second kappa shape index (κ2) is 8.12. The molecule has 0 spiro atoms. The van der Waals surface area contributed by atoms with Crippen molar-refractivity contribution in [3.05, 3.63) is 82.0 Å². The molecular formula is C18H16ClNO4S3. The van der Waals surface area contributed by atoms with Crippen molar-refractivity contribution in [2.75, 3.05) is 6.54 Å². The Bertz CT molecular complexity index is 1100. The molecule has 0 fully saturated rings. The van der Waals surface area contributed by atoms with Gasteiger partial charge in [0, 0.05) is 16.4 Å². The van der Waals surface area contributed by atoms with Crippen LogP contribution >= 0.6 is 22.9 Å². The smallest absolute Gasteiger partial charge is 0.223 e. The van der Waals surface area contributed by atoms with Crippen LogP contribution in [0, 0.1) is 0 Å². The van der Waals surface area contributed by atoms with Gasteiger partial charge in [0.1, 0.15) is 5.25 Å². The Morgan fingerprint density at radius 1 is 0.852 bits per heavy atom. The Balaban J connectivity index is 1.92. The van der Waals surface area contributed by atoms with Gasteiger partial charge in [-0.2, -0.15) is 0 Å². The Kier molecular flexibility index (Phi) is 6.02. The number of halogens is 1. The summed E-state index contributed by atoms with van der Waals surface area (Å²) in [5.41, 5.74) is 0. The van der Waals surface area contributed by atoms with Crippen molar-refractivity contribution in [2.45, 2.75) is 15.0 Å². The molecule has 0 unspecified atom stereocenters. The number of benzene rings is 2. The first-order valence-corrected chi connectivity index (χ1v) is 12.2. The van der Waals surface area contributed by atoms with Crippen LogP contribution < -0.4 is 4.72 Å². The molecule has 9 heteroatoms. The molecule has 0 saturated heterocycles. The number of nitrogens with one attached hydrogen (secondary N) is 1. The van der Waals surface area contributed by atoms with Crippen molar-refractivity contribution in [1.82, 2.24) is 4.72 Å². The third-order valence-electron chi connectivity index (χ3n) is 3.89. The zero-order valence-electron chi connectivity index (χ0n) is 13.9. The van der Waals surface area contributed by atoms with E-state index in [4.69, 9.17) is 11.6 Å². The Labute approximate surface area is 167 Å². The highest BCUT2D eigenvalue weighted by molar-refractivity contribution is 7.92. The summed E-state index contributed by atoms with van der Waals surface area (Å²) in [6, 6.07) is 17.1. The topological polar surface area (TPSA) is 80.3 Å². The maximum atomic E-state index is 13.1. The van der Waals surface area contributed by atoms with E-state index in [1.165, 1.54) is 47.7 Å². The van der Waals surface area contributed by atoms with Crippen LogP contribution in [0.3, 0.4) is 0 Å². The van der Waals surface area contributed by atoms with Gasteiger partial charge in [-0.05, 0) is 47.8 Å². The summed E-state index contributed by atoms with van der Waals surface area (Å²) in [6.07, 6.45) is 0. The third kappa shape index (κ3) is 4.59. The monoisotopic (exact) mass is 441 g/mol. The van der Waals surface area contributed by atoms with E-state index in [0.717, 1.165) is 0 Å². The summed E-state index contributed by atoms with van der Waals surface area (Å²) in [5, 5.41) is 1.13. The molecule has 0 bridgehead atoms. The molecule has 1 aromatic heterocycles. The maximum Gasteiger partial charge on any atom is 0.240 e. The minimum absolute atomic E-state index is 0.0822. The number of sulfonamides is 1. The number of thiophene rings is 1. The zero-order chi connectivity index (χ0) is 19.5. The van der Waals surface area contributed by atoms with E-state index in [0.29, 0.717) is 9.90 Å². The molecule has 1 N–H and O–H groups in total. The second-order valence-electron chi connectivity index (χ2n) is 5.67. The fraction of sp³-hybridized carbons (Fsp3) is 0.111. The fourth-order valence-corrected chi connectivity index (χ4v) is 6.58. The summed E-state index contributed by atoms with van der Waals surface area (Å²) in [7, 11) is -7.65. The lowest BCUT2D eigenvalue weighted by Gasteiger charge is -2.17. The molecule has 0 radical (unpaired) electrons. The largest absolute Gasteiger partial charge is 0.240 e. The predicted octanol–water partition coefficient (Wildman–Crippen LogP) is 3.90. The van der Waals surface area contributed by atoms with Crippen LogP contribution in [0.5, 0.6) is 0 Å². The van der Waals surface area contributed by atoms with Crippen LogP contribution in [-0.2, 0) is 19.9 Å². The minimum atomic E-state index is -3.83. The quantitative estimate of drug-likeness (QED) is 0.603. The van der Waals surface area contributed by atoms with Gasteiger partial charge in [-0.15, -0.1) is 11.3 Å². The normalized spacial score (nSPS) is 13.4. The number of hydrogen-bond donors (Lipinski definition) is 1. The van der Waals surface area contributed by atoms with E-state index < -0.39 is 25.1 Å². The van der Waals surface area contributed by atoms with Gasteiger partial charge in [0.25, 0.3) is 0 Å². The van der Waals surface area contributed by atoms with E-state index in [-0.39, 0.29) is 16.3 Å². The lowest BCUT2D eigenvalue weighted by molar-refractivity contribution is 0.569. The van der Waals surface area contributed by atoms with Crippen LogP contribution in [-0.4, -0.2) is 23.4 Å². The zero-order valence-corrected chi connectivity index (χ0v) is 17.2. The molecule has 0 saturated carbocycles. The van der Waals surface area contributed by atoms with E-state index in [9.17, 15) is 16.8 Å². The first-order chi connectivity index (χ1) is 12.8. The second-order valence-corrected chi connectivity index (χ2v) is 11.0. The molecule has 0 aliphatic rings. The molecule has 0 amide bonds. The van der Waals surface area contributed by atoms with Crippen molar-refractivity contribution in [3.63, 3.8) is 0 Å². The van der Waals surface area contributed by atoms with Crippen LogP contribution in [0.4, 0.5) is 0 Å². The summed E-state index contributed by atoms with van der Waals surface area (Å²) in [6.45, 7) is -0.275. The van der Waals surface area contributed by atoms with Crippen LogP contribution in [0.15, 0.2) is 81.9 Å². The van der Waals surface area contributed by atoms with Gasteiger partial charge >= 0.3 is 0 Å². The molecule has 0 aliphatic carbocycles. The molecule has 5 nitrogen and oxygen atoms in total. The molecule has 142 valence electrons. The number of sulfone groups is 1. The van der Waals surface area contributed by atoms with E-state index in [2.05, 4.69) is 4.72 Å². The fourth-order valence-electron chi connectivity index (χ4n) is 2.49. The number of hydrogen-bond acceptors (Lipinski definition) is 5. The van der Waals surface area contributed by atoms with Crippen molar-refractivity contribution in [1.29, 1.82) is 0 Å². The van der Waals surface area contributed by atoms with Gasteiger partial charge in [-0.25, -0.2) is 21.6 Å². The SMILES string of the molecule is O=S(=O)(NC[C@@H](c1cccs1)S(=O)(=O)c1ccc(Cl)cc1)c1ccccc1. The van der Waals surface area contributed by atoms with E-state index in [1.54, 1.807) is 35.7 Å². The minimum Gasteiger partial charge on any atom is -0.223 e. The molecule has 3 rings (SSSR count). The van der Waals surface area contributed by atoms with E-state index >= 15 is 0 Å². The molecule has 27 heavy (non-hydrogen) atoms. The molecule has 0 aliphatic heterocycles. The average Bonchev–Trinajstić information content (AvgIpc) is 3.17. The van der Waals surface area contributed by atoms with Gasteiger partial charge in [-0.1, -0.05) is 35.9 Å². The third-order valence-corrected chi connectivity index (χ3v) is 8.82. The summed E-state index contributed by atoms with van der Waals surface area (Å²) < 4.78 is 53.7. The molecule has 1 heterocycles. The molecule has 3 aromatic rings. The molecule has 2 aromatic carbocycles. The van der Waals surface area contributed by atoms with Crippen molar-refractivity contribution >= 4 is 42.8 Å². The first-order valence-electron chi connectivity index (χ1n) is 7.88. The van der Waals surface area contributed by atoms with Gasteiger partial charge in [0.15, 0.2) is 9.84 Å². The molecule has 1 atom stereocenters. The average molecular weight is 442 g/mol. The number of rotatable bonds is 7. The lowest BCUT2D eigenvalue weighted by atomic mass is 10.3. The summed E-state index contributed by atoms with van der Waals surface area (Å²) in [5.74, 6) is 0. The van der Waals surface area contributed by atoms with Gasteiger partial charge in [-0.3, -0.25) is 0 Å². The van der Waals surface area contributed by atoms with Gasteiger partial charge in [0.2, 0.25) is 10.0 Å². The highest BCUT2D eigenvalue weighted by atomic mass is 35.5. The first kappa shape index (κ1) is 20.0. The van der Waals surface area contributed by atoms with Gasteiger partial charge < -0.3 is 0 Å². The lowest BCUT2D eigenvalue weighted by Crippen LogP contribution is -2.31. The summed E-state index contributed by atoms with van der Waals surface area (Å²) in [4.78, 5) is 0.726. The van der Waals surface area contributed by atoms with Crippen molar-refractivity contribution < 1.29 is 16.8 Å². The Hall–Kier alpha value is -1.71. The summed E-state index contributed by atoms with van der Waals surface area (Å²) >= 11 is 7.11. The highest BCUT2D eigenvalue weighted by Gasteiger charge is 2.31. The van der Waals surface area contributed by atoms with E-state index in [1.807, 2.05) is 0 Å². The maximum absolute atomic E-state index is 13.1. The van der Waals surface area contributed by atoms with Crippen LogP contribution in [0.25, 0.3) is 0 Å². The highest BCUT2D eigenvalue weighted by Crippen LogP contribution is 2.32. The van der Waals surface area contributed by atoms with Crippen molar-refractivity contribution in [3.8, 4) is 0 Å². The van der Waals surface area contributed by atoms with Crippen LogP contribution in [0.2, 0.25) is 5.02 Å². The van der Waals surface area contributed by atoms with Gasteiger partial charge in [0.05, 0.1) is 9.79 Å².